The van der Waals surface area contributed by atoms with Gasteiger partial charge < -0.3 is 13.9 Å². The lowest BCUT2D eigenvalue weighted by atomic mass is 9.99. The number of hydrogen-bond donors (Lipinski definition) is 0. The molecule has 3 heterocycles. The van der Waals surface area contributed by atoms with Crippen molar-refractivity contribution in [1.82, 2.24) is 9.47 Å². The number of rotatable bonds is 4. The number of nitrogens with zero attached hydrogens (tertiary/aromatic N) is 2. The Morgan fingerprint density at radius 3 is 2.71 bits per heavy atom. The average Bonchev–Trinajstić information content (AvgIpc) is 3.30. The first kappa shape index (κ1) is 14.8. The third-order valence-electron chi connectivity index (χ3n) is 4.64. The van der Waals surface area contributed by atoms with Gasteiger partial charge in [0.15, 0.2) is 0 Å². The van der Waals surface area contributed by atoms with Gasteiger partial charge in [-0.1, -0.05) is 30.3 Å². The van der Waals surface area contributed by atoms with Crippen molar-refractivity contribution < 1.29 is 9.21 Å². The Balaban J connectivity index is 1.60. The lowest BCUT2D eigenvalue weighted by Crippen LogP contribution is -2.42. The molecule has 1 aliphatic rings. The van der Waals surface area contributed by atoms with Gasteiger partial charge in [-0.15, -0.1) is 0 Å². The molecule has 24 heavy (non-hydrogen) atoms. The molecule has 0 radical (unpaired) electrons. The number of amides is 1. The van der Waals surface area contributed by atoms with Gasteiger partial charge in [-0.2, -0.15) is 0 Å². The first-order chi connectivity index (χ1) is 11.8. The van der Waals surface area contributed by atoms with E-state index in [-0.39, 0.29) is 11.9 Å². The van der Waals surface area contributed by atoms with Gasteiger partial charge in [0.1, 0.15) is 5.76 Å². The molecule has 0 spiro atoms. The first-order valence-corrected chi connectivity index (χ1v) is 8.35. The monoisotopic (exact) mass is 320 g/mol. The van der Waals surface area contributed by atoms with Crippen molar-refractivity contribution in [3.8, 4) is 0 Å². The zero-order valence-electron chi connectivity index (χ0n) is 13.5. The van der Waals surface area contributed by atoms with Crippen LogP contribution in [0.3, 0.4) is 0 Å². The van der Waals surface area contributed by atoms with Crippen LogP contribution in [0.5, 0.6) is 0 Å². The van der Waals surface area contributed by atoms with E-state index in [1.807, 2.05) is 35.2 Å². The summed E-state index contributed by atoms with van der Waals surface area (Å²) in [5, 5.41) is 0. The minimum Gasteiger partial charge on any atom is -0.469 e. The van der Waals surface area contributed by atoms with E-state index in [1.165, 1.54) is 5.69 Å². The molecular weight excluding hydrogens is 300 g/mol. The van der Waals surface area contributed by atoms with Gasteiger partial charge in [0.25, 0.3) is 0 Å². The number of furan rings is 1. The zero-order valence-corrected chi connectivity index (χ0v) is 13.5. The van der Waals surface area contributed by atoms with Crippen molar-refractivity contribution in [1.29, 1.82) is 0 Å². The molecule has 1 aliphatic heterocycles. The van der Waals surface area contributed by atoms with Gasteiger partial charge in [0.2, 0.25) is 5.91 Å². The third kappa shape index (κ3) is 2.75. The second-order valence-electron chi connectivity index (χ2n) is 6.11. The van der Waals surface area contributed by atoms with E-state index < -0.39 is 0 Å². The number of fused-ring (bicyclic) bond motifs is 1. The fourth-order valence-corrected chi connectivity index (χ4v) is 3.47. The largest absolute Gasteiger partial charge is 0.469 e. The number of aryl methyl sites for hydroxylation is 1. The topological polar surface area (TPSA) is 38.4 Å². The van der Waals surface area contributed by atoms with Crippen molar-refractivity contribution >= 4 is 5.91 Å². The maximum Gasteiger partial charge on any atom is 0.223 e. The Kier molecular flexibility index (Phi) is 3.95. The van der Waals surface area contributed by atoms with E-state index in [2.05, 4.69) is 35.0 Å². The van der Waals surface area contributed by atoms with Gasteiger partial charge in [0.05, 0.1) is 12.3 Å². The highest BCUT2D eigenvalue weighted by Gasteiger charge is 2.31. The molecule has 1 atom stereocenters. The van der Waals surface area contributed by atoms with Crippen LogP contribution in [0.1, 0.15) is 29.5 Å². The van der Waals surface area contributed by atoms with Crippen LogP contribution >= 0.6 is 0 Å². The first-order valence-electron chi connectivity index (χ1n) is 8.35. The highest BCUT2D eigenvalue weighted by molar-refractivity contribution is 5.77. The van der Waals surface area contributed by atoms with Gasteiger partial charge >= 0.3 is 0 Å². The molecule has 4 nitrogen and oxygen atoms in total. The molecule has 2 aromatic heterocycles. The van der Waals surface area contributed by atoms with Crippen LogP contribution < -0.4 is 0 Å². The number of hydrogen-bond acceptors (Lipinski definition) is 2. The van der Waals surface area contributed by atoms with Gasteiger partial charge in [-0.05, 0) is 29.8 Å². The Morgan fingerprint density at radius 2 is 1.92 bits per heavy atom. The maximum absolute atomic E-state index is 12.9. The summed E-state index contributed by atoms with van der Waals surface area (Å²) < 4.78 is 7.60. The van der Waals surface area contributed by atoms with E-state index in [1.54, 1.807) is 6.26 Å². The lowest BCUT2D eigenvalue weighted by Gasteiger charge is -2.37. The smallest absolute Gasteiger partial charge is 0.223 e. The molecule has 4 rings (SSSR count). The standard InChI is InChI=1S/C20H20N2O2/c23-19(11-10-17-8-5-15-24-17)22-14-13-21-12-4-9-18(21)20(22)16-6-2-1-3-7-16/h1-9,12,15,20H,10-11,13-14H2. The fraction of sp³-hybridized carbons (Fsp3) is 0.250. The summed E-state index contributed by atoms with van der Waals surface area (Å²) in [6, 6.07) is 18.2. The van der Waals surface area contributed by atoms with E-state index in [0.29, 0.717) is 12.8 Å². The quantitative estimate of drug-likeness (QED) is 0.736. The van der Waals surface area contributed by atoms with Crippen LogP contribution in [0.25, 0.3) is 0 Å². The molecule has 0 N–H and O–H groups in total. The van der Waals surface area contributed by atoms with Crippen LogP contribution in [-0.2, 0) is 17.8 Å². The Labute approximate surface area is 141 Å². The summed E-state index contributed by atoms with van der Waals surface area (Å²) in [5.41, 5.74) is 2.34. The van der Waals surface area contributed by atoms with Crippen LogP contribution in [-0.4, -0.2) is 21.9 Å². The van der Waals surface area contributed by atoms with Crippen molar-refractivity contribution in [2.24, 2.45) is 0 Å². The lowest BCUT2D eigenvalue weighted by molar-refractivity contribution is -0.133. The summed E-state index contributed by atoms with van der Waals surface area (Å²) in [7, 11) is 0. The number of carbonyl (C=O) groups is 1. The van der Waals surface area contributed by atoms with Gasteiger partial charge in [-0.3, -0.25) is 4.79 Å². The molecule has 0 aliphatic carbocycles. The summed E-state index contributed by atoms with van der Waals surface area (Å²) in [6.07, 6.45) is 4.86. The van der Waals surface area contributed by atoms with Crippen molar-refractivity contribution in [2.75, 3.05) is 6.54 Å². The zero-order chi connectivity index (χ0) is 16.4. The van der Waals surface area contributed by atoms with Crippen molar-refractivity contribution in [3.05, 3.63) is 84.1 Å². The predicted octanol–water partition coefficient (Wildman–Crippen LogP) is 3.65. The number of benzene rings is 1. The van der Waals surface area contributed by atoms with Gasteiger partial charge in [-0.25, -0.2) is 0 Å². The van der Waals surface area contributed by atoms with E-state index in [4.69, 9.17) is 4.42 Å². The fourth-order valence-electron chi connectivity index (χ4n) is 3.47. The van der Waals surface area contributed by atoms with Crippen molar-refractivity contribution in [2.45, 2.75) is 25.4 Å². The number of aromatic nitrogens is 1. The summed E-state index contributed by atoms with van der Waals surface area (Å²) in [5.74, 6) is 1.03. The predicted molar refractivity (Wildman–Crippen MR) is 91.5 cm³/mol. The molecule has 0 bridgehead atoms. The van der Waals surface area contributed by atoms with Crippen LogP contribution in [0.15, 0.2) is 71.5 Å². The van der Waals surface area contributed by atoms with Crippen molar-refractivity contribution in [3.63, 3.8) is 0 Å². The van der Waals surface area contributed by atoms with E-state index >= 15 is 0 Å². The molecule has 1 amide bonds. The molecule has 3 aromatic rings. The molecule has 122 valence electrons. The normalized spacial score (nSPS) is 16.8. The van der Waals surface area contributed by atoms with E-state index in [9.17, 15) is 4.79 Å². The maximum atomic E-state index is 12.9. The Morgan fingerprint density at radius 1 is 1.04 bits per heavy atom. The Bertz CT molecular complexity index is 805. The molecule has 0 saturated heterocycles. The highest BCUT2D eigenvalue weighted by Crippen LogP contribution is 2.32. The van der Waals surface area contributed by atoms with Crippen LogP contribution in [0.2, 0.25) is 0 Å². The van der Waals surface area contributed by atoms with Crippen LogP contribution in [0.4, 0.5) is 0 Å². The summed E-state index contributed by atoms with van der Waals surface area (Å²) in [4.78, 5) is 14.9. The molecule has 4 heteroatoms. The average molecular weight is 320 g/mol. The molecule has 0 fully saturated rings. The molecule has 0 saturated carbocycles. The van der Waals surface area contributed by atoms with Gasteiger partial charge in [0, 0.05) is 37.8 Å². The molecular formula is C20H20N2O2. The third-order valence-corrected chi connectivity index (χ3v) is 4.64. The van der Waals surface area contributed by atoms with Crippen LogP contribution in [0, 0.1) is 0 Å². The molecule has 1 unspecified atom stereocenters. The molecule has 1 aromatic carbocycles. The number of carbonyl (C=O) groups excluding carboxylic acids is 1. The Hall–Kier alpha value is -2.75. The second kappa shape index (κ2) is 6.40. The minimum atomic E-state index is -0.0148. The summed E-state index contributed by atoms with van der Waals surface area (Å²) >= 11 is 0. The van der Waals surface area contributed by atoms with E-state index in [0.717, 1.165) is 24.4 Å². The highest BCUT2D eigenvalue weighted by atomic mass is 16.3. The SMILES string of the molecule is O=C(CCc1ccco1)N1CCn2cccc2C1c1ccccc1. The second-order valence-corrected chi connectivity index (χ2v) is 6.11. The summed E-state index contributed by atoms with van der Waals surface area (Å²) in [6.45, 7) is 1.58. The minimum absolute atomic E-state index is 0.0148.